The van der Waals surface area contributed by atoms with Gasteiger partial charge in [-0.3, -0.25) is 0 Å². The number of carbonyl (C=O) groups is 2. The van der Waals surface area contributed by atoms with E-state index in [-0.39, 0.29) is 18.9 Å². The molecule has 7 rings (SSSR count). The number of hydrogen-bond donors (Lipinski definition) is 2. The van der Waals surface area contributed by atoms with Crippen molar-refractivity contribution in [3.63, 3.8) is 0 Å². The lowest BCUT2D eigenvalue weighted by atomic mass is 9.80. The van der Waals surface area contributed by atoms with Gasteiger partial charge in [-0.05, 0) is 39.9 Å². The standard InChI is InChI=1S/C43H35NO5/c45-41(46)40(44-42(47)48-29-39-37-22-12-10-20-35(37)36-21-11-13-23-38(36)39)28-30-24-26-34(27-25-30)49-43(31-14-4-1-5-15-31,32-16-6-2-7-17-32)33-18-8-3-9-19-33/h1-27,39-40H,28-29H2,(H,44,47)(H,45,46)/t40-/m1/s1. The van der Waals surface area contributed by atoms with Crippen molar-refractivity contribution in [2.45, 2.75) is 24.0 Å². The van der Waals surface area contributed by atoms with Gasteiger partial charge >= 0.3 is 12.1 Å². The third-order valence-electron chi connectivity index (χ3n) is 9.11. The third-order valence-corrected chi connectivity index (χ3v) is 9.11. The molecule has 242 valence electrons. The van der Waals surface area contributed by atoms with Crippen LogP contribution in [-0.2, 0) is 21.6 Å². The van der Waals surface area contributed by atoms with E-state index in [0.717, 1.165) is 44.5 Å². The first-order valence-corrected chi connectivity index (χ1v) is 16.3. The molecular weight excluding hydrogens is 610 g/mol. The molecule has 0 bridgehead atoms. The van der Waals surface area contributed by atoms with Crippen LogP contribution in [0.25, 0.3) is 11.1 Å². The summed E-state index contributed by atoms with van der Waals surface area (Å²) in [4.78, 5) is 25.2. The molecule has 1 atom stereocenters. The maximum Gasteiger partial charge on any atom is 0.407 e. The Bertz CT molecular complexity index is 1900. The number of aliphatic carboxylic acids is 1. The highest BCUT2D eigenvalue weighted by Crippen LogP contribution is 2.45. The quantitative estimate of drug-likeness (QED) is 0.138. The normalized spacial score (nSPS) is 12.7. The van der Waals surface area contributed by atoms with E-state index in [4.69, 9.17) is 9.47 Å². The van der Waals surface area contributed by atoms with Gasteiger partial charge in [-0.1, -0.05) is 152 Å². The molecule has 2 N–H and O–H groups in total. The molecule has 0 aromatic heterocycles. The van der Waals surface area contributed by atoms with Crippen molar-refractivity contribution in [3.05, 3.63) is 197 Å². The van der Waals surface area contributed by atoms with E-state index < -0.39 is 23.7 Å². The van der Waals surface area contributed by atoms with Crippen LogP contribution in [0, 0.1) is 0 Å². The summed E-state index contributed by atoms with van der Waals surface area (Å²) in [6.07, 6.45) is -0.700. The SMILES string of the molecule is O=C(N[C@H](Cc1ccc(OC(c2ccccc2)(c2ccccc2)c2ccccc2)cc1)C(=O)O)OCC1c2ccccc2-c2ccccc21. The summed E-state index contributed by atoms with van der Waals surface area (Å²) in [5.74, 6) is -0.662. The number of carboxylic acids is 1. The molecule has 1 amide bonds. The molecule has 0 aliphatic heterocycles. The molecule has 0 heterocycles. The Labute approximate surface area is 285 Å². The Morgan fingerprint density at radius 2 is 1.06 bits per heavy atom. The van der Waals surface area contributed by atoms with Crippen LogP contribution in [0.4, 0.5) is 4.79 Å². The van der Waals surface area contributed by atoms with Gasteiger partial charge in [0.2, 0.25) is 0 Å². The van der Waals surface area contributed by atoms with Crippen molar-refractivity contribution >= 4 is 12.1 Å². The molecule has 6 heteroatoms. The van der Waals surface area contributed by atoms with E-state index in [1.165, 1.54) is 0 Å². The summed E-state index contributed by atoms with van der Waals surface area (Å²) in [6.45, 7) is 0.101. The van der Waals surface area contributed by atoms with Gasteiger partial charge in [-0.25, -0.2) is 9.59 Å². The van der Waals surface area contributed by atoms with Crippen molar-refractivity contribution in [1.29, 1.82) is 0 Å². The van der Waals surface area contributed by atoms with Gasteiger partial charge in [0.25, 0.3) is 0 Å². The number of carbonyl (C=O) groups excluding carboxylic acids is 1. The van der Waals surface area contributed by atoms with E-state index in [2.05, 4.69) is 53.8 Å². The summed E-state index contributed by atoms with van der Waals surface area (Å²) < 4.78 is 12.6. The summed E-state index contributed by atoms with van der Waals surface area (Å²) in [6, 6.07) is 52.6. The van der Waals surface area contributed by atoms with Crippen LogP contribution in [0.2, 0.25) is 0 Å². The molecule has 49 heavy (non-hydrogen) atoms. The average Bonchev–Trinajstić information content (AvgIpc) is 3.48. The van der Waals surface area contributed by atoms with Gasteiger partial charge in [0, 0.05) is 29.0 Å². The second-order valence-corrected chi connectivity index (χ2v) is 12.1. The summed E-state index contributed by atoms with van der Waals surface area (Å²) in [7, 11) is 0. The molecule has 6 nitrogen and oxygen atoms in total. The van der Waals surface area contributed by atoms with E-state index >= 15 is 0 Å². The lowest BCUT2D eigenvalue weighted by Crippen LogP contribution is -2.42. The van der Waals surface area contributed by atoms with Gasteiger partial charge < -0.3 is 19.9 Å². The fourth-order valence-electron chi connectivity index (χ4n) is 6.78. The molecule has 0 saturated carbocycles. The van der Waals surface area contributed by atoms with E-state index in [1.807, 2.05) is 115 Å². The van der Waals surface area contributed by atoms with Crippen LogP contribution < -0.4 is 10.1 Å². The molecule has 6 aromatic rings. The first kappa shape index (κ1) is 31.5. The number of nitrogens with one attached hydrogen (secondary N) is 1. The van der Waals surface area contributed by atoms with Crippen LogP contribution in [-0.4, -0.2) is 29.8 Å². The number of fused-ring (bicyclic) bond motifs is 3. The van der Waals surface area contributed by atoms with Gasteiger partial charge in [0.05, 0.1) is 0 Å². The second kappa shape index (κ2) is 13.9. The van der Waals surface area contributed by atoms with Crippen LogP contribution >= 0.6 is 0 Å². The number of carboxylic acid groups (broad SMARTS) is 1. The van der Waals surface area contributed by atoms with Crippen molar-refractivity contribution in [3.8, 4) is 16.9 Å². The zero-order valence-electron chi connectivity index (χ0n) is 26.7. The zero-order valence-corrected chi connectivity index (χ0v) is 26.7. The second-order valence-electron chi connectivity index (χ2n) is 12.1. The lowest BCUT2D eigenvalue weighted by Gasteiger charge is -2.36. The Balaban J connectivity index is 1.07. The first-order chi connectivity index (χ1) is 24.0. The van der Waals surface area contributed by atoms with E-state index in [0.29, 0.717) is 5.75 Å². The van der Waals surface area contributed by atoms with Crippen molar-refractivity contribution in [2.75, 3.05) is 6.61 Å². The van der Waals surface area contributed by atoms with Crippen LogP contribution in [0.15, 0.2) is 164 Å². The largest absolute Gasteiger partial charge is 0.480 e. The number of benzene rings is 6. The van der Waals surface area contributed by atoms with Gasteiger partial charge in [0.1, 0.15) is 18.4 Å². The van der Waals surface area contributed by atoms with Crippen LogP contribution in [0.1, 0.15) is 39.3 Å². The summed E-state index contributed by atoms with van der Waals surface area (Å²) in [5.41, 5.74) is 7.10. The highest BCUT2D eigenvalue weighted by Gasteiger charge is 2.39. The number of amides is 1. The number of alkyl carbamates (subject to hydrolysis) is 1. The molecule has 0 radical (unpaired) electrons. The summed E-state index contributed by atoms with van der Waals surface area (Å²) >= 11 is 0. The van der Waals surface area contributed by atoms with Crippen molar-refractivity contribution < 1.29 is 24.2 Å². The fraction of sp³-hybridized carbons (Fsp3) is 0.116. The minimum atomic E-state index is -1.18. The first-order valence-electron chi connectivity index (χ1n) is 16.3. The lowest BCUT2D eigenvalue weighted by molar-refractivity contribution is -0.139. The minimum absolute atomic E-state index is 0.0704. The highest BCUT2D eigenvalue weighted by molar-refractivity contribution is 5.81. The number of ether oxygens (including phenoxy) is 2. The monoisotopic (exact) mass is 645 g/mol. The molecule has 0 spiro atoms. The average molecular weight is 646 g/mol. The van der Waals surface area contributed by atoms with Crippen LogP contribution in [0.5, 0.6) is 5.75 Å². The fourth-order valence-corrected chi connectivity index (χ4v) is 6.78. The Hall–Kier alpha value is -6.14. The molecule has 0 saturated heterocycles. The minimum Gasteiger partial charge on any atom is -0.480 e. The van der Waals surface area contributed by atoms with Gasteiger partial charge in [0.15, 0.2) is 5.60 Å². The molecule has 0 fully saturated rings. The Morgan fingerprint density at radius 1 is 0.612 bits per heavy atom. The molecule has 0 unspecified atom stereocenters. The predicted molar refractivity (Wildman–Crippen MR) is 190 cm³/mol. The van der Waals surface area contributed by atoms with E-state index in [1.54, 1.807) is 0 Å². The van der Waals surface area contributed by atoms with E-state index in [9.17, 15) is 14.7 Å². The smallest absolute Gasteiger partial charge is 0.407 e. The highest BCUT2D eigenvalue weighted by atomic mass is 16.5. The maximum absolute atomic E-state index is 12.9. The maximum atomic E-state index is 12.9. The topological polar surface area (TPSA) is 84.9 Å². The molecular formula is C43H35NO5. The Kier molecular flexibility index (Phi) is 8.94. The third kappa shape index (κ3) is 6.41. The number of rotatable bonds is 11. The molecule has 1 aliphatic rings. The molecule has 1 aliphatic carbocycles. The summed E-state index contributed by atoms with van der Waals surface area (Å²) in [5, 5.41) is 12.6. The van der Waals surface area contributed by atoms with Crippen molar-refractivity contribution in [2.24, 2.45) is 0 Å². The molecule has 6 aromatic carbocycles. The van der Waals surface area contributed by atoms with Gasteiger partial charge in [-0.2, -0.15) is 0 Å². The number of hydrogen-bond acceptors (Lipinski definition) is 4. The van der Waals surface area contributed by atoms with Gasteiger partial charge in [-0.15, -0.1) is 0 Å². The zero-order chi connectivity index (χ0) is 33.6. The van der Waals surface area contributed by atoms with Crippen LogP contribution in [0.3, 0.4) is 0 Å². The predicted octanol–water partition coefficient (Wildman–Crippen LogP) is 8.59. The van der Waals surface area contributed by atoms with Crippen molar-refractivity contribution in [1.82, 2.24) is 5.32 Å². The Morgan fingerprint density at radius 3 is 1.53 bits per heavy atom.